The summed E-state index contributed by atoms with van der Waals surface area (Å²) >= 11 is 0. The molecule has 15 heteroatoms. The number of carbonyl (C=O) groups is 1. The average molecular weight is 561 g/mol. The maximum Gasteiger partial charge on any atom is 0.417 e. The van der Waals surface area contributed by atoms with E-state index in [1.165, 1.54) is 24.9 Å². The van der Waals surface area contributed by atoms with Crippen LogP contribution in [0.5, 0.6) is 0 Å². The highest BCUT2D eigenvalue weighted by Crippen LogP contribution is 2.38. The predicted octanol–water partition coefficient (Wildman–Crippen LogP) is 6.59. The summed E-state index contributed by atoms with van der Waals surface area (Å²) < 4.78 is 94.0. The summed E-state index contributed by atoms with van der Waals surface area (Å²) in [5.74, 6) is -2.21. The van der Waals surface area contributed by atoms with Crippen LogP contribution in [0.25, 0.3) is 22.4 Å². The number of aromatic amines is 1. The lowest BCUT2D eigenvalue weighted by molar-refractivity contribution is -0.143. The summed E-state index contributed by atoms with van der Waals surface area (Å²) in [6.07, 6.45) is -6.15. The zero-order chi connectivity index (χ0) is 28.7. The number of pyridine rings is 1. The molecule has 2 aromatic carbocycles. The Balaban J connectivity index is 1.46. The largest absolute Gasteiger partial charge is 0.417 e. The molecule has 5 rings (SSSR count). The highest BCUT2D eigenvalue weighted by Gasteiger charge is 2.39. The molecule has 0 fully saturated rings. The van der Waals surface area contributed by atoms with Crippen molar-refractivity contribution < 1.29 is 35.5 Å². The van der Waals surface area contributed by atoms with Gasteiger partial charge >= 0.3 is 12.4 Å². The van der Waals surface area contributed by atoms with Crippen molar-refractivity contribution in [1.82, 2.24) is 24.9 Å². The monoisotopic (exact) mass is 561 g/mol. The van der Waals surface area contributed by atoms with Gasteiger partial charge in [0.25, 0.3) is 5.91 Å². The van der Waals surface area contributed by atoms with Crippen molar-refractivity contribution in [2.24, 2.45) is 0 Å². The van der Waals surface area contributed by atoms with Crippen molar-refractivity contribution in [3.05, 3.63) is 89.9 Å². The molecular formula is C25H14F7N7O. The van der Waals surface area contributed by atoms with Crippen LogP contribution in [0.3, 0.4) is 0 Å². The summed E-state index contributed by atoms with van der Waals surface area (Å²) in [5, 5.41) is 4.94. The van der Waals surface area contributed by atoms with Gasteiger partial charge in [0.1, 0.15) is 29.2 Å². The number of carbonyl (C=O) groups excluding carboxylic acids is 1. The smallest absolute Gasteiger partial charge is 0.341 e. The number of fused-ring (bicyclic) bond motifs is 1. The van der Waals surface area contributed by atoms with Crippen molar-refractivity contribution in [1.29, 1.82) is 0 Å². The van der Waals surface area contributed by atoms with Crippen LogP contribution in [0.2, 0.25) is 0 Å². The molecule has 3 heterocycles. The molecule has 3 N–H and O–H groups in total. The van der Waals surface area contributed by atoms with Gasteiger partial charge in [-0.15, -0.1) is 0 Å². The molecule has 40 heavy (non-hydrogen) atoms. The molecule has 1 amide bonds. The lowest BCUT2D eigenvalue weighted by atomic mass is 10.0. The predicted molar refractivity (Wildman–Crippen MR) is 129 cm³/mol. The van der Waals surface area contributed by atoms with E-state index >= 15 is 0 Å². The molecule has 0 saturated heterocycles. The first kappa shape index (κ1) is 26.5. The van der Waals surface area contributed by atoms with Gasteiger partial charge in [-0.2, -0.15) is 26.3 Å². The van der Waals surface area contributed by atoms with Gasteiger partial charge in [0, 0.05) is 17.4 Å². The molecule has 8 nitrogen and oxygen atoms in total. The van der Waals surface area contributed by atoms with Gasteiger partial charge in [-0.05, 0) is 48.5 Å². The summed E-state index contributed by atoms with van der Waals surface area (Å²) in [4.78, 5) is 32.3. The van der Waals surface area contributed by atoms with Gasteiger partial charge in [-0.1, -0.05) is 0 Å². The van der Waals surface area contributed by atoms with Crippen molar-refractivity contribution in [2.75, 3.05) is 10.6 Å². The van der Waals surface area contributed by atoms with Crippen LogP contribution >= 0.6 is 0 Å². The minimum absolute atomic E-state index is 0.171. The second-order valence-electron chi connectivity index (χ2n) is 8.25. The molecule has 0 aliphatic rings. The van der Waals surface area contributed by atoms with Gasteiger partial charge in [0.15, 0.2) is 5.65 Å². The Hall–Kier alpha value is -5.08. The van der Waals surface area contributed by atoms with Gasteiger partial charge < -0.3 is 15.6 Å². The van der Waals surface area contributed by atoms with Crippen LogP contribution < -0.4 is 10.6 Å². The van der Waals surface area contributed by atoms with Gasteiger partial charge in [-0.25, -0.2) is 24.3 Å². The van der Waals surface area contributed by atoms with Crippen LogP contribution in [0, 0.1) is 5.82 Å². The highest BCUT2D eigenvalue weighted by atomic mass is 19.4. The molecule has 0 spiro atoms. The zero-order valence-electron chi connectivity index (χ0n) is 19.7. The third kappa shape index (κ3) is 5.25. The molecule has 0 bridgehead atoms. The molecule has 0 atom stereocenters. The Bertz CT molecular complexity index is 1730. The second-order valence-corrected chi connectivity index (χ2v) is 8.25. The van der Waals surface area contributed by atoms with E-state index in [9.17, 15) is 35.5 Å². The van der Waals surface area contributed by atoms with Crippen molar-refractivity contribution in [2.45, 2.75) is 12.4 Å². The number of aromatic nitrogens is 5. The molecule has 3 aromatic heterocycles. The molecule has 0 aliphatic heterocycles. The minimum atomic E-state index is -5.29. The van der Waals surface area contributed by atoms with Gasteiger partial charge in [0.2, 0.25) is 0 Å². The van der Waals surface area contributed by atoms with E-state index < -0.39 is 46.5 Å². The average Bonchev–Trinajstić information content (AvgIpc) is 3.39. The number of benzene rings is 2. The number of anilines is 3. The minimum Gasteiger partial charge on any atom is -0.341 e. The Morgan fingerprint density at radius 1 is 0.875 bits per heavy atom. The van der Waals surface area contributed by atoms with Crippen LogP contribution in [0.4, 0.5) is 47.9 Å². The van der Waals surface area contributed by atoms with E-state index in [2.05, 4.69) is 30.2 Å². The third-order valence-corrected chi connectivity index (χ3v) is 5.66. The van der Waals surface area contributed by atoms with Crippen LogP contribution in [0.15, 0.2) is 67.4 Å². The first-order valence-electron chi connectivity index (χ1n) is 11.2. The van der Waals surface area contributed by atoms with E-state index in [0.29, 0.717) is 34.6 Å². The summed E-state index contributed by atoms with van der Waals surface area (Å²) in [7, 11) is 0. The van der Waals surface area contributed by atoms with E-state index in [1.54, 1.807) is 12.1 Å². The quantitative estimate of drug-likeness (QED) is 0.209. The first-order valence-corrected chi connectivity index (χ1v) is 11.2. The summed E-state index contributed by atoms with van der Waals surface area (Å²) in [5.41, 5.74) is -3.02. The normalized spacial score (nSPS) is 12.0. The molecule has 204 valence electrons. The number of imidazole rings is 1. The maximum atomic E-state index is 14.6. The van der Waals surface area contributed by atoms with E-state index in [1.807, 2.05) is 5.32 Å². The second kappa shape index (κ2) is 9.91. The Kier molecular flexibility index (Phi) is 6.57. The number of H-pyrrole nitrogens is 1. The Morgan fingerprint density at radius 2 is 1.68 bits per heavy atom. The van der Waals surface area contributed by atoms with E-state index in [4.69, 9.17) is 0 Å². The number of halogens is 7. The molecule has 0 aliphatic carbocycles. The van der Waals surface area contributed by atoms with Crippen LogP contribution in [-0.2, 0) is 12.4 Å². The maximum absolute atomic E-state index is 14.6. The van der Waals surface area contributed by atoms with E-state index in [-0.39, 0.29) is 17.6 Å². The standard InChI is InChI=1S/C25H14F7N7O/c26-17-6-4-13(38-21-15(2-1-7-33-21)19-20-22(36-10-34-19)37-11-35-20)9-18(17)39-23(40)14-5-3-12(24(27,28)29)8-16(14)25(30,31)32/h1-11H,(H,33,38)(H,39,40)(H,34,35,36,37). The van der Waals surface area contributed by atoms with Crippen molar-refractivity contribution >= 4 is 34.3 Å². The van der Waals surface area contributed by atoms with Gasteiger partial charge in [0.05, 0.1) is 28.7 Å². The van der Waals surface area contributed by atoms with Crippen LogP contribution in [0.1, 0.15) is 21.5 Å². The number of hydrogen-bond donors (Lipinski definition) is 3. The lowest BCUT2D eigenvalue weighted by Gasteiger charge is -2.16. The first-order chi connectivity index (χ1) is 18.9. The number of alkyl halides is 6. The Morgan fingerprint density at radius 3 is 2.42 bits per heavy atom. The van der Waals surface area contributed by atoms with Crippen LogP contribution in [-0.4, -0.2) is 30.8 Å². The van der Waals surface area contributed by atoms with Crippen molar-refractivity contribution in [3.63, 3.8) is 0 Å². The van der Waals surface area contributed by atoms with Gasteiger partial charge in [-0.3, -0.25) is 4.79 Å². The highest BCUT2D eigenvalue weighted by molar-refractivity contribution is 6.06. The summed E-state index contributed by atoms with van der Waals surface area (Å²) in [6, 6.07) is 7.20. The third-order valence-electron chi connectivity index (χ3n) is 5.66. The fourth-order valence-electron chi connectivity index (χ4n) is 3.84. The Labute approximate surface area is 219 Å². The fourth-order valence-corrected chi connectivity index (χ4v) is 3.84. The number of hydrogen-bond acceptors (Lipinski definition) is 6. The number of amides is 1. The summed E-state index contributed by atoms with van der Waals surface area (Å²) in [6.45, 7) is 0. The molecular weight excluding hydrogens is 547 g/mol. The molecule has 0 radical (unpaired) electrons. The van der Waals surface area contributed by atoms with E-state index in [0.717, 1.165) is 12.1 Å². The zero-order valence-corrected chi connectivity index (χ0v) is 19.7. The number of nitrogens with one attached hydrogen (secondary N) is 3. The topological polar surface area (TPSA) is 108 Å². The molecule has 0 unspecified atom stereocenters. The van der Waals surface area contributed by atoms with Crippen molar-refractivity contribution in [3.8, 4) is 11.3 Å². The molecule has 0 saturated carbocycles. The molecule has 5 aromatic rings. The number of rotatable bonds is 5. The SMILES string of the molecule is O=C(Nc1cc(Nc2ncccc2-c2ncnc3nc[nH]c23)ccc1F)c1ccc(C(F)(F)F)cc1C(F)(F)F. The fraction of sp³-hybridized carbons (Fsp3) is 0.0800. The number of nitrogens with zero attached hydrogens (tertiary/aromatic N) is 4. The lowest BCUT2D eigenvalue weighted by Crippen LogP contribution is -2.20.